The lowest BCUT2D eigenvalue weighted by Gasteiger charge is -2.22. The molecule has 0 saturated carbocycles. The minimum absolute atomic E-state index is 0.277. The molecule has 1 aromatic carbocycles. The fourth-order valence-corrected chi connectivity index (χ4v) is 2.64. The minimum atomic E-state index is 0.277. The number of guanidine groups is 1. The molecule has 0 amide bonds. The Balaban J connectivity index is 1.86. The number of benzene rings is 1. The van der Waals surface area contributed by atoms with E-state index >= 15 is 0 Å². The molecule has 1 heterocycles. The van der Waals surface area contributed by atoms with Crippen LogP contribution in [0.2, 0.25) is 0 Å². The van der Waals surface area contributed by atoms with Crippen LogP contribution in [0.25, 0.3) is 0 Å². The molecule has 2 aromatic rings. The average molecular weight is 394 g/mol. The second-order valence-electron chi connectivity index (χ2n) is 5.87. The van der Waals surface area contributed by atoms with Crippen LogP contribution in [0.3, 0.4) is 0 Å². The quantitative estimate of drug-likeness (QED) is 0.602. The molecule has 6 nitrogen and oxygen atoms in total. The smallest absolute Gasteiger partial charge is 0.228 e. The first-order chi connectivity index (χ1) is 11.5. The molecule has 7 heteroatoms. The summed E-state index contributed by atoms with van der Waals surface area (Å²) in [7, 11) is 3.79. The van der Waals surface area contributed by atoms with Crippen LogP contribution < -0.4 is 5.32 Å². The van der Waals surface area contributed by atoms with Crippen LogP contribution in [0, 0.1) is 0 Å². The Morgan fingerprint density at radius 2 is 2.12 bits per heavy atom. The first-order valence-electron chi connectivity index (χ1n) is 7.99. The molecule has 0 bridgehead atoms. The summed E-state index contributed by atoms with van der Waals surface area (Å²) in [6, 6.07) is 8.18. The standard InChI is InChI=1S/C17H24BrN5O/c1-12(2)16-21-15(24-22-16)9-10-20-17(19-3)23(4)11-13-7-5-6-8-14(13)18/h5-8,12H,9-11H2,1-4H3,(H,19,20). The maximum atomic E-state index is 5.25. The van der Waals surface area contributed by atoms with Gasteiger partial charge in [0.15, 0.2) is 11.8 Å². The summed E-state index contributed by atoms with van der Waals surface area (Å²) >= 11 is 3.58. The fourth-order valence-electron chi connectivity index (χ4n) is 2.23. The van der Waals surface area contributed by atoms with E-state index in [2.05, 4.69) is 47.3 Å². The third-order valence-electron chi connectivity index (χ3n) is 3.56. The molecule has 1 N–H and O–H groups in total. The Hall–Kier alpha value is -1.89. The van der Waals surface area contributed by atoms with Gasteiger partial charge in [-0.25, -0.2) is 0 Å². The van der Waals surface area contributed by atoms with E-state index in [1.807, 2.05) is 39.1 Å². The predicted octanol–water partition coefficient (Wildman–Crippen LogP) is 3.21. The second kappa shape index (κ2) is 8.82. The van der Waals surface area contributed by atoms with E-state index in [1.165, 1.54) is 5.56 Å². The van der Waals surface area contributed by atoms with Gasteiger partial charge in [-0.3, -0.25) is 4.99 Å². The van der Waals surface area contributed by atoms with Gasteiger partial charge in [0, 0.05) is 44.0 Å². The number of nitrogens with one attached hydrogen (secondary N) is 1. The minimum Gasteiger partial charge on any atom is -0.356 e. The van der Waals surface area contributed by atoms with Gasteiger partial charge < -0.3 is 14.7 Å². The molecule has 0 radical (unpaired) electrons. The topological polar surface area (TPSA) is 66.5 Å². The number of rotatable bonds is 6. The zero-order valence-electron chi connectivity index (χ0n) is 14.6. The highest BCUT2D eigenvalue weighted by atomic mass is 79.9. The molecular weight excluding hydrogens is 370 g/mol. The molecule has 1 aromatic heterocycles. The number of nitrogens with zero attached hydrogens (tertiary/aromatic N) is 4. The lowest BCUT2D eigenvalue weighted by atomic mass is 10.2. The number of hydrogen-bond acceptors (Lipinski definition) is 4. The highest BCUT2D eigenvalue weighted by Crippen LogP contribution is 2.17. The number of hydrogen-bond donors (Lipinski definition) is 1. The summed E-state index contributed by atoms with van der Waals surface area (Å²) in [6.07, 6.45) is 0.668. The second-order valence-corrected chi connectivity index (χ2v) is 6.73. The maximum absolute atomic E-state index is 5.25. The summed E-state index contributed by atoms with van der Waals surface area (Å²) in [5.41, 5.74) is 1.21. The number of aromatic nitrogens is 2. The third-order valence-corrected chi connectivity index (χ3v) is 4.33. The third kappa shape index (κ3) is 5.06. The summed E-state index contributed by atoms with van der Waals surface area (Å²) in [4.78, 5) is 10.8. The maximum Gasteiger partial charge on any atom is 0.228 e. The van der Waals surface area contributed by atoms with Crippen molar-refractivity contribution in [2.45, 2.75) is 32.7 Å². The largest absolute Gasteiger partial charge is 0.356 e. The van der Waals surface area contributed by atoms with E-state index in [4.69, 9.17) is 4.52 Å². The van der Waals surface area contributed by atoms with Gasteiger partial charge in [0.2, 0.25) is 5.89 Å². The number of halogens is 1. The first kappa shape index (κ1) is 18.4. The van der Waals surface area contributed by atoms with E-state index in [-0.39, 0.29) is 5.92 Å². The molecule has 0 unspecified atom stereocenters. The van der Waals surface area contributed by atoms with Crippen molar-refractivity contribution >= 4 is 21.9 Å². The van der Waals surface area contributed by atoms with Crippen LogP contribution in [-0.4, -0.2) is 41.6 Å². The molecule has 2 rings (SSSR count). The van der Waals surface area contributed by atoms with Crippen LogP contribution in [0.15, 0.2) is 38.3 Å². The van der Waals surface area contributed by atoms with Crippen LogP contribution in [0.1, 0.15) is 37.0 Å². The Morgan fingerprint density at radius 1 is 1.38 bits per heavy atom. The molecule has 0 aliphatic rings. The van der Waals surface area contributed by atoms with Crippen LogP contribution >= 0.6 is 15.9 Å². The van der Waals surface area contributed by atoms with Crippen LogP contribution in [-0.2, 0) is 13.0 Å². The van der Waals surface area contributed by atoms with Gasteiger partial charge in [-0.1, -0.05) is 53.1 Å². The molecule has 0 aliphatic carbocycles. The van der Waals surface area contributed by atoms with Crippen molar-refractivity contribution in [2.75, 3.05) is 20.6 Å². The van der Waals surface area contributed by atoms with E-state index in [0.29, 0.717) is 18.9 Å². The molecular formula is C17H24BrN5O. The van der Waals surface area contributed by atoms with E-state index in [0.717, 1.165) is 22.8 Å². The molecule has 0 saturated heterocycles. The summed E-state index contributed by atoms with van der Waals surface area (Å²) in [5.74, 6) is 2.50. The van der Waals surface area contributed by atoms with E-state index < -0.39 is 0 Å². The Kier molecular flexibility index (Phi) is 6.78. The fraction of sp³-hybridized carbons (Fsp3) is 0.471. The zero-order valence-corrected chi connectivity index (χ0v) is 16.2. The molecule has 0 atom stereocenters. The lowest BCUT2D eigenvalue weighted by molar-refractivity contribution is 0.370. The van der Waals surface area contributed by atoms with Crippen LogP contribution in [0.5, 0.6) is 0 Å². The van der Waals surface area contributed by atoms with Gasteiger partial charge in [0.1, 0.15) is 0 Å². The van der Waals surface area contributed by atoms with Crippen molar-refractivity contribution < 1.29 is 4.52 Å². The SMILES string of the molecule is CN=C(NCCc1nc(C(C)C)no1)N(C)Cc1ccccc1Br. The van der Waals surface area contributed by atoms with Crippen molar-refractivity contribution in [3.8, 4) is 0 Å². The van der Waals surface area contributed by atoms with Crippen molar-refractivity contribution in [1.29, 1.82) is 0 Å². The monoisotopic (exact) mass is 393 g/mol. The summed E-state index contributed by atoms with van der Waals surface area (Å²) in [5, 5.41) is 7.30. The van der Waals surface area contributed by atoms with Gasteiger partial charge in [0.25, 0.3) is 0 Å². The Morgan fingerprint density at radius 3 is 2.75 bits per heavy atom. The van der Waals surface area contributed by atoms with Crippen LogP contribution in [0.4, 0.5) is 0 Å². The average Bonchev–Trinajstić information content (AvgIpc) is 3.03. The summed E-state index contributed by atoms with van der Waals surface area (Å²) < 4.78 is 6.35. The Labute approximate surface area is 151 Å². The van der Waals surface area contributed by atoms with E-state index in [9.17, 15) is 0 Å². The zero-order chi connectivity index (χ0) is 17.5. The summed E-state index contributed by atoms with van der Waals surface area (Å²) in [6.45, 7) is 5.54. The number of aliphatic imine (C=N–C) groups is 1. The van der Waals surface area contributed by atoms with Gasteiger partial charge >= 0.3 is 0 Å². The van der Waals surface area contributed by atoms with Crippen molar-refractivity contribution in [1.82, 2.24) is 20.4 Å². The van der Waals surface area contributed by atoms with E-state index in [1.54, 1.807) is 7.05 Å². The highest BCUT2D eigenvalue weighted by Gasteiger charge is 2.11. The Bertz CT molecular complexity index is 683. The molecule has 0 spiro atoms. The van der Waals surface area contributed by atoms with Gasteiger partial charge in [-0.15, -0.1) is 0 Å². The molecule has 0 aliphatic heterocycles. The molecule has 0 fully saturated rings. The van der Waals surface area contributed by atoms with Crippen molar-refractivity contribution in [3.63, 3.8) is 0 Å². The van der Waals surface area contributed by atoms with Crippen molar-refractivity contribution in [3.05, 3.63) is 46.0 Å². The predicted molar refractivity (Wildman–Crippen MR) is 99.1 cm³/mol. The van der Waals surface area contributed by atoms with Gasteiger partial charge in [-0.2, -0.15) is 4.98 Å². The van der Waals surface area contributed by atoms with Crippen molar-refractivity contribution in [2.24, 2.45) is 4.99 Å². The van der Waals surface area contributed by atoms with Gasteiger partial charge in [-0.05, 0) is 11.6 Å². The lowest BCUT2D eigenvalue weighted by Crippen LogP contribution is -2.39. The van der Waals surface area contributed by atoms with Gasteiger partial charge in [0.05, 0.1) is 0 Å². The molecule has 130 valence electrons. The first-order valence-corrected chi connectivity index (χ1v) is 8.78. The molecule has 24 heavy (non-hydrogen) atoms. The normalized spacial score (nSPS) is 11.8. The highest BCUT2D eigenvalue weighted by molar-refractivity contribution is 9.10.